The Morgan fingerprint density at radius 3 is 2.44 bits per heavy atom. The molecule has 0 unspecified atom stereocenters. The Morgan fingerprint density at radius 1 is 1.31 bits per heavy atom. The van der Waals surface area contributed by atoms with Crippen molar-refractivity contribution in [3.63, 3.8) is 0 Å². The van der Waals surface area contributed by atoms with Crippen molar-refractivity contribution in [2.45, 2.75) is 64.6 Å². The maximum Gasteiger partial charge on any atom is 0.186 e. The fraction of sp³-hybridized carbons (Fsp3) is 0.857. The van der Waals surface area contributed by atoms with Gasteiger partial charge in [-0.1, -0.05) is 38.5 Å². The van der Waals surface area contributed by atoms with E-state index >= 15 is 0 Å². The lowest BCUT2D eigenvalue weighted by Crippen LogP contribution is -2.35. The second-order valence-corrected chi connectivity index (χ2v) is 10.1. The highest BCUT2D eigenvalue weighted by molar-refractivity contribution is 6.71. The van der Waals surface area contributed by atoms with E-state index in [1.54, 1.807) is 0 Å². The summed E-state index contributed by atoms with van der Waals surface area (Å²) < 4.78 is 6.21. The Hall–Kier alpha value is -0.263. The van der Waals surface area contributed by atoms with E-state index in [1.165, 1.54) is 44.6 Å². The Labute approximate surface area is 102 Å². The third-order valence-electron chi connectivity index (χ3n) is 3.74. The average molecular weight is 238 g/mol. The Bertz CT molecular complexity index is 246. The van der Waals surface area contributed by atoms with Crippen LogP contribution in [0.15, 0.2) is 0 Å². The number of terminal acetylenes is 1. The third-order valence-corrected chi connectivity index (χ3v) is 6.22. The lowest BCUT2D eigenvalue weighted by molar-refractivity contribution is 0.194. The van der Waals surface area contributed by atoms with E-state index < -0.39 is 8.32 Å². The van der Waals surface area contributed by atoms with Crippen molar-refractivity contribution in [1.82, 2.24) is 0 Å². The van der Waals surface area contributed by atoms with E-state index in [2.05, 4.69) is 25.9 Å². The van der Waals surface area contributed by atoms with Crippen LogP contribution in [0.3, 0.4) is 0 Å². The van der Waals surface area contributed by atoms with Gasteiger partial charge >= 0.3 is 0 Å². The molecule has 0 radical (unpaired) electrons. The van der Waals surface area contributed by atoms with Crippen LogP contribution in [-0.4, -0.2) is 14.9 Å². The molecule has 0 bridgehead atoms. The molecule has 16 heavy (non-hydrogen) atoms. The minimum absolute atomic E-state index is 0.0798. The molecular weight excluding hydrogens is 212 g/mol. The van der Waals surface area contributed by atoms with Crippen LogP contribution in [0.4, 0.5) is 0 Å². The van der Waals surface area contributed by atoms with Gasteiger partial charge in [0.2, 0.25) is 0 Å². The van der Waals surface area contributed by atoms with Gasteiger partial charge in [-0.15, -0.1) is 6.42 Å². The van der Waals surface area contributed by atoms with E-state index in [0.29, 0.717) is 0 Å². The van der Waals surface area contributed by atoms with Gasteiger partial charge in [0.25, 0.3) is 0 Å². The van der Waals surface area contributed by atoms with Crippen molar-refractivity contribution in [3.8, 4) is 12.3 Å². The largest absolute Gasteiger partial charge is 0.416 e. The molecule has 1 aliphatic rings. The van der Waals surface area contributed by atoms with Crippen molar-refractivity contribution in [2.24, 2.45) is 5.41 Å². The van der Waals surface area contributed by atoms with Crippen LogP contribution < -0.4 is 0 Å². The van der Waals surface area contributed by atoms with Gasteiger partial charge in [0.05, 0.1) is 12.0 Å². The van der Waals surface area contributed by atoms with Crippen LogP contribution in [-0.2, 0) is 4.43 Å². The topological polar surface area (TPSA) is 9.23 Å². The van der Waals surface area contributed by atoms with Gasteiger partial charge in [-0.05, 0) is 32.0 Å². The van der Waals surface area contributed by atoms with Gasteiger partial charge < -0.3 is 4.43 Å². The van der Waals surface area contributed by atoms with Crippen LogP contribution >= 0.6 is 0 Å². The molecule has 1 nitrogen and oxygen atoms in total. The van der Waals surface area contributed by atoms with Crippen LogP contribution in [0.2, 0.25) is 19.1 Å². The van der Waals surface area contributed by atoms with E-state index in [0.717, 1.165) is 6.61 Å². The molecule has 0 N–H and O–H groups in total. The summed E-state index contributed by atoms with van der Waals surface area (Å²) in [4.78, 5) is 0. The van der Waals surface area contributed by atoms with Crippen LogP contribution in [0.5, 0.6) is 0 Å². The number of hydrogen-bond donors (Lipinski definition) is 0. The van der Waals surface area contributed by atoms with Crippen molar-refractivity contribution in [3.05, 3.63) is 0 Å². The summed E-state index contributed by atoms with van der Waals surface area (Å²) in [5.74, 6) is 3.00. The zero-order chi connectivity index (χ0) is 12.1. The van der Waals surface area contributed by atoms with Gasteiger partial charge in [-0.2, -0.15) is 0 Å². The fourth-order valence-electron chi connectivity index (χ4n) is 2.39. The quantitative estimate of drug-likeness (QED) is 0.498. The summed E-state index contributed by atoms with van der Waals surface area (Å²) in [6, 6.07) is 1.27. The standard InChI is InChI=1S/C14H26OSi/c1-5-7-12-16(3,4)15-13-14(6-2)10-8-9-11-14/h2H,5,7-13H2,1,3-4H3. The molecule has 0 aromatic rings. The molecule has 0 aromatic carbocycles. The molecule has 2 heteroatoms. The minimum atomic E-state index is -1.45. The van der Waals surface area contributed by atoms with Gasteiger partial charge in [0.1, 0.15) is 0 Å². The second kappa shape index (κ2) is 5.89. The van der Waals surface area contributed by atoms with Crippen molar-refractivity contribution >= 4 is 8.32 Å². The second-order valence-electron chi connectivity index (χ2n) is 5.78. The maximum absolute atomic E-state index is 6.21. The molecule has 0 aliphatic heterocycles. The number of unbranched alkanes of at least 4 members (excludes halogenated alkanes) is 1. The molecule has 0 spiro atoms. The fourth-order valence-corrected chi connectivity index (χ4v) is 4.41. The zero-order valence-electron chi connectivity index (χ0n) is 11.1. The highest BCUT2D eigenvalue weighted by Gasteiger charge is 2.34. The molecule has 0 saturated heterocycles. The molecule has 0 atom stereocenters. The molecule has 1 aliphatic carbocycles. The summed E-state index contributed by atoms with van der Waals surface area (Å²) in [5, 5.41) is 0. The Kier molecular flexibility index (Phi) is 5.08. The summed E-state index contributed by atoms with van der Waals surface area (Å²) >= 11 is 0. The molecule has 1 rings (SSSR count). The molecule has 0 aromatic heterocycles. The summed E-state index contributed by atoms with van der Waals surface area (Å²) in [6.45, 7) is 7.69. The van der Waals surface area contributed by atoms with Gasteiger partial charge in [-0.3, -0.25) is 0 Å². The summed E-state index contributed by atoms with van der Waals surface area (Å²) in [5.41, 5.74) is 0.0798. The van der Waals surface area contributed by atoms with Crippen molar-refractivity contribution < 1.29 is 4.43 Å². The van der Waals surface area contributed by atoms with Gasteiger partial charge in [0, 0.05) is 0 Å². The SMILES string of the molecule is C#CC1(CO[Si](C)(C)CCCC)CCCC1. The molecule has 1 saturated carbocycles. The minimum Gasteiger partial charge on any atom is -0.416 e. The number of rotatable bonds is 6. The van der Waals surface area contributed by atoms with E-state index in [9.17, 15) is 0 Å². The van der Waals surface area contributed by atoms with Crippen LogP contribution in [0.25, 0.3) is 0 Å². The smallest absolute Gasteiger partial charge is 0.186 e. The highest BCUT2D eigenvalue weighted by Crippen LogP contribution is 2.38. The predicted octanol–water partition coefficient (Wildman–Crippen LogP) is 4.20. The molecule has 0 heterocycles. The average Bonchev–Trinajstić information content (AvgIpc) is 2.74. The zero-order valence-corrected chi connectivity index (χ0v) is 12.1. The highest BCUT2D eigenvalue weighted by atomic mass is 28.4. The lowest BCUT2D eigenvalue weighted by Gasteiger charge is -2.29. The van der Waals surface area contributed by atoms with E-state index in [-0.39, 0.29) is 5.41 Å². The molecular formula is C14H26OSi. The summed E-state index contributed by atoms with van der Waals surface area (Å²) in [6.07, 6.45) is 13.1. The van der Waals surface area contributed by atoms with Crippen molar-refractivity contribution in [1.29, 1.82) is 0 Å². The molecule has 0 amide bonds. The lowest BCUT2D eigenvalue weighted by atomic mass is 9.89. The first kappa shape index (κ1) is 13.8. The van der Waals surface area contributed by atoms with E-state index in [4.69, 9.17) is 10.8 Å². The summed E-state index contributed by atoms with van der Waals surface area (Å²) in [7, 11) is -1.45. The third kappa shape index (κ3) is 3.96. The van der Waals surface area contributed by atoms with E-state index in [1.807, 2.05) is 0 Å². The molecule has 1 fully saturated rings. The maximum atomic E-state index is 6.21. The molecule has 92 valence electrons. The predicted molar refractivity (Wildman–Crippen MR) is 72.9 cm³/mol. The van der Waals surface area contributed by atoms with Crippen LogP contribution in [0.1, 0.15) is 45.4 Å². The monoisotopic (exact) mass is 238 g/mol. The number of hydrogen-bond acceptors (Lipinski definition) is 1. The van der Waals surface area contributed by atoms with Crippen molar-refractivity contribution in [2.75, 3.05) is 6.61 Å². The normalized spacial score (nSPS) is 19.6. The first-order valence-electron chi connectivity index (χ1n) is 6.65. The first-order valence-corrected chi connectivity index (χ1v) is 9.77. The Balaban J connectivity index is 2.40. The van der Waals surface area contributed by atoms with Gasteiger partial charge in [0.15, 0.2) is 8.32 Å². The van der Waals surface area contributed by atoms with Crippen LogP contribution in [0, 0.1) is 17.8 Å². The first-order chi connectivity index (χ1) is 7.54. The van der Waals surface area contributed by atoms with Gasteiger partial charge in [-0.25, -0.2) is 0 Å². The Morgan fingerprint density at radius 2 is 1.94 bits per heavy atom.